The van der Waals surface area contributed by atoms with Crippen molar-refractivity contribution in [2.24, 2.45) is 5.84 Å². The van der Waals surface area contributed by atoms with Gasteiger partial charge in [-0.05, 0) is 56.1 Å². The lowest BCUT2D eigenvalue weighted by atomic mass is 10.0. The summed E-state index contributed by atoms with van der Waals surface area (Å²) >= 11 is 5.16. The highest BCUT2D eigenvalue weighted by Crippen LogP contribution is 2.33. The predicted molar refractivity (Wildman–Crippen MR) is 123 cm³/mol. The van der Waals surface area contributed by atoms with Gasteiger partial charge in [-0.25, -0.2) is 5.84 Å². The molecular formula is C21H24Cl3F3N2O2. The Morgan fingerprint density at radius 2 is 1.52 bits per heavy atom. The van der Waals surface area contributed by atoms with Crippen LogP contribution in [0.4, 0.5) is 13.2 Å². The second-order valence-electron chi connectivity index (χ2n) is 6.99. The van der Waals surface area contributed by atoms with E-state index in [1.54, 1.807) is 45.0 Å². The predicted octanol–water partition coefficient (Wildman–Crippen LogP) is 6.37. The number of carbonyl (C=O) groups is 2. The van der Waals surface area contributed by atoms with Crippen molar-refractivity contribution in [2.75, 3.05) is 0 Å². The molecule has 2 aromatic carbocycles. The van der Waals surface area contributed by atoms with Crippen LogP contribution in [-0.2, 0) is 6.18 Å². The lowest BCUT2D eigenvalue weighted by Crippen LogP contribution is -2.50. The molecule has 31 heavy (non-hydrogen) atoms. The molecule has 2 aromatic rings. The summed E-state index contributed by atoms with van der Waals surface area (Å²) in [6.45, 7) is 8.52. The van der Waals surface area contributed by atoms with Gasteiger partial charge in [-0.1, -0.05) is 43.0 Å². The zero-order chi connectivity index (χ0) is 22.4. The van der Waals surface area contributed by atoms with E-state index in [0.29, 0.717) is 5.56 Å². The van der Waals surface area contributed by atoms with Crippen molar-refractivity contribution in [3.63, 3.8) is 0 Å². The van der Waals surface area contributed by atoms with Gasteiger partial charge >= 0.3 is 6.18 Å². The van der Waals surface area contributed by atoms with Crippen LogP contribution in [0.5, 0.6) is 0 Å². The second kappa shape index (κ2) is 12.7. The van der Waals surface area contributed by atoms with E-state index in [1.807, 2.05) is 6.07 Å². The molecule has 0 atom stereocenters. The number of alkyl halides is 3. The van der Waals surface area contributed by atoms with E-state index >= 15 is 0 Å². The van der Waals surface area contributed by atoms with Crippen LogP contribution in [0.1, 0.15) is 52.6 Å². The molecule has 0 bridgehead atoms. The maximum Gasteiger partial charge on any atom is 0.416 e. The first-order valence-electron chi connectivity index (χ1n) is 8.47. The number of carbonyl (C=O) groups excluding carboxylic acids is 2. The molecule has 0 aliphatic heterocycles. The lowest BCUT2D eigenvalue weighted by Gasteiger charge is -2.31. The number of hydrogen-bond donors (Lipinski definition) is 1. The van der Waals surface area contributed by atoms with Crippen molar-refractivity contribution in [1.82, 2.24) is 5.01 Å². The third kappa shape index (κ3) is 9.31. The molecule has 0 spiro atoms. The van der Waals surface area contributed by atoms with Crippen molar-refractivity contribution >= 4 is 53.6 Å². The summed E-state index contributed by atoms with van der Waals surface area (Å²) in [5.74, 6) is 5.13. The van der Waals surface area contributed by atoms with Crippen molar-refractivity contribution in [3.05, 3.63) is 77.4 Å². The minimum absolute atomic E-state index is 0. The van der Waals surface area contributed by atoms with Crippen LogP contribution in [0.15, 0.2) is 55.1 Å². The number of halogens is 6. The molecule has 2 rings (SSSR count). The van der Waals surface area contributed by atoms with Gasteiger partial charge in [0.25, 0.3) is 11.1 Å². The van der Waals surface area contributed by atoms with Gasteiger partial charge in [0.1, 0.15) is 0 Å². The fraction of sp³-hybridized carbons (Fsp3) is 0.238. The number of rotatable bonds is 3. The summed E-state index contributed by atoms with van der Waals surface area (Å²) in [6.07, 6.45) is -3.42. The van der Waals surface area contributed by atoms with Gasteiger partial charge in [-0.15, -0.1) is 24.8 Å². The quantitative estimate of drug-likeness (QED) is 0.231. The van der Waals surface area contributed by atoms with Gasteiger partial charge in [0.2, 0.25) is 0 Å². The first-order chi connectivity index (χ1) is 13.3. The maximum absolute atomic E-state index is 12.7. The summed E-state index contributed by atoms with van der Waals surface area (Å²) in [7, 11) is 0. The molecule has 2 N–H and O–H groups in total. The van der Waals surface area contributed by atoms with Crippen LogP contribution in [0.2, 0.25) is 0 Å². The summed E-state index contributed by atoms with van der Waals surface area (Å²) in [6, 6.07) is 11.9. The Kier molecular flexibility index (Phi) is 12.8. The molecule has 172 valence electrons. The van der Waals surface area contributed by atoms with Gasteiger partial charge in [0.15, 0.2) is 0 Å². The molecule has 0 saturated heterocycles. The second-order valence-corrected chi connectivity index (χ2v) is 7.33. The van der Waals surface area contributed by atoms with Gasteiger partial charge in [-0.2, -0.15) is 13.2 Å². The number of nitrogens with zero attached hydrogens (tertiary/aromatic N) is 1. The van der Waals surface area contributed by atoms with Crippen molar-refractivity contribution in [2.45, 2.75) is 32.5 Å². The van der Waals surface area contributed by atoms with Gasteiger partial charge in [0.05, 0.1) is 11.1 Å². The Bertz CT molecular complexity index is 884. The fourth-order valence-electron chi connectivity index (χ4n) is 2.14. The topological polar surface area (TPSA) is 63.4 Å². The molecular weight excluding hydrogens is 476 g/mol. The highest BCUT2D eigenvalue weighted by molar-refractivity contribution is 6.67. The molecule has 0 fully saturated rings. The normalized spacial score (nSPS) is 10.5. The standard InChI is InChI=1S/C14H17F3N2O.C7H5ClO.2ClH/c1-5-9-8-10(6-7-11(9)14(15,16)17)12(20)19(18)13(2,3)4;8-7(9)6-4-2-1-3-5-6;;/h5-8H,1,18H2,2-4H3;1-5H;2*1H. The average Bonchev–Trinajstić information content (AvgIpc) is 2.66. The Hall–Kier alpha value is -2.06. The molecule has 0 saturated carbocycles. The first-order valence-corrected chi connectivity index (χ1v) is 8.84. The van der Waals surface area contributed by atoms with Crippen LogP contribution in [0.3, 0.4) is 0 Å². The minimum atomic E-state index is -4.49. The summed E-state index contributed by atoms with van der Waals surface area (Å²) < 4.78 is 38.2. The SMILES string of the molecule is C=Cc1cc(C(=O)N(N)C(C)(C)C)ccc1C(F)(F)F.Cl.Cl.O=C(Cl)c1ccccc1. The molecule has 10 heteroatoms. The van der Waals surface area contributed by atoms with E-state index in [0.717, 1.165) is 29.3 Å². The zero-order valence-electron chi connectivity index (χ0n) is 17.1. The molecule has 1 amide bonds. The zero-order valence-corrected chi connectivity index (χ0v) is 19.5. The number of hydrogen-bond acceptors (Lipinski definition) is 3. The Labute approximate surface area is 197 Å². The molecule has 0 aromatic heterocycles. The van der Waals surface area contributed by atoms with Gasteiger partial charge < -0.3 is 0 Å². The van der Waals surface area contributed by atoms with Crippen molar-refractivity contribution in [1.29, 1.82) is 0 Å². The van der Waals surface area contributed by atoms with E-state index in [-0.39, 0.29) is 35.9 Å². The van der Waals surface area contributed by atoms with E-state index in [9.17, 15) is 22.8 Å². The molecule has 0 heterocycles. The minimum Gasteiger partial charge on any atom is -0.276 e. The van der Waals surface area contributed by atoms with Crippen molar-refractivity contribution < 1.29 is 22.8 Å². The van der Waals surface area contributed by atoms with Crippen LogP contribution < -0.4 is 5.84 Å². The van der Waals surface area contributed by atoms with E-state index < -0.39 is 28.4 Å². The largest absolute Gasteiger partial charge is 0.416 e. The summed E-state index contributed by atoms with van der Waals surface area (Å²) in [4.78, 5) is 22.5. The summed E-state index contributed by atoms with van der Waals surface area (Å²) in [5, 5.41) is 0.582. The van der Waals surface area contributed by atoms with Gasteiger partial charge in [0, 0.05) is 11.1 Å². The maximum atomic E-state index is 12.7. The summed E-state index contributed by atoms with van der Waals surface area (Å²) in [5.41, 5.74) is -0.979. The van der Waals surface area contributed by atoms with E-state index in [1.165, 1.54) is 0 Å². The third-order valence-electron chi connectivity index (χ3n) is 3.77. The Balaban J connectivity index is 0. The number of nitrogens with two attached hydrogens (primary N) is 1. The highest BCUT2D eigenvalue weighted by Gasteiger charge is 2.33. The van der Waals surface area contributed by atoms with Crippen LogP contribution >= 0.6 is 36.4 Å². The molecule has 0 aliphatic rings. The monoisotopic (exact) mass is 498 g/mol. The number of benzene rings is 2. The van der Waals surface area contributed by atoms with E-state index in [2.05, 4.69) is 6.58 Å². The first kappa shape index (κ1) is 31.1. The van der Waals surface area contributed by atoms with E-state index in [4.69, 9.17) is 17.4 Å². The fourth-order valence-corrected chi connectivity index (χ4v) is 2.26. The molecule has 4 nitrogen and oxygen atoms in total. The van der Waals surface area contributed by atoms with Crippen LogP contribution in [0.25, 0.3) is 6.08 Å². The third-order valence-corrected chi connectivity index (χ3v) is 3.98. The Morgan fingerprint density at radius 1 is 1.00 bits per heavy atom. The molecule has 0 aliphatic carbocycles. The molecule has 0 radical (unpaired) electrons. The lowest BCUT2D eigenvalue weighted by molar-refractivity contribution is -0.137. The van der Waals surface area contributed by atoms with Crippen LogP contribution in [0, 0.1) is 0 Å². The average molecular weight is 500 g/mol. The highest BCUT2D eigenvalue weighted by atomic mass is 35.5. The van der Waals surface area contributed by atoms with Crippen molar-refractivity contribution in [3.8, 4) is 0 Å². The number of hydrazine groups is 1. The van der Waals surface area contributed by atoms with Crippen LogP contribution in [-0.4, -0.2) is 21.7 Å². The van der Waals surface area contributed by atoms with Gasteiger partial charge in [-0.3, -0.25) is 14.6 Å². The Morgan fingerprint density at radius 3 is 1.87 bits per heavy atom. The molecule has 0 unspecified atom stereocenters. The smallest absolute Gasteiger partial charge is 0.276 e. The number of amides is 1.